The van der Waals surface area contributed by atoms with Crippen LogP contribution in [0.25, 0.3) is 0 Å². The molecule has 0 atom stereocenters. The van der Waals surface area contributed by atoms with Crippen LogP contribution in [0.5, 0.6) is 0 Å². The molecule has 106 valence electrons. The van der Waals surface area contributed by atoms with Crippen molar-refractivity contribution in [3.05, 3.63) is 33.6 Å². The van der Waals surface area contributed by atoms with Gasteiger partial charge in [0.25, 0.3) is 0 Å². The van der Waals surface area contributed by atoms with Gasteiger partial charge in [-0.3, -0.25) is 0 Å². The van der Waals surface area contributed by atoms with Crippen LogP contribution in [0.1, 0.15) is 11.1 Å². The summed E-state index contributed by atoms with van der Waals surface area (Å²) in [6.07, 6.45) is 0. The zero-order valence-corrected chi connectivity index (χ0v) is 10.5. The van der Waals surface area contributed by atoms with Crippen molar-refractivity contribution in [2.24, 2.45) is 0 Å². The van der Waals surface area contributed by atoms with E-state index in [2.05, 4.69) is 0 Å². The van der Waals surface area contributed by atoms with Crippen LogP contribution >= 0.6 is 34.8 Å². The molecular formula is C9Cl3F7. The van der Waals surface area contributed by atoms with E-state index in [1.807, 2.05) is 0 Å². The molecule has 0 fully saturated rings. The number of rotatable bonds is 0. The standard InChI is InChI=1S/C9Cl3F7/c10-3-4(13)2-1(5(14)6(3)15)7(11,12)9(18,19)8(2,16)17. The summed E-state index contributed by atoms with van der Waals surface area (Å²) in [5, 5.41) is -1.68. The van der Waals surface area contributed by atoms with Gasteiger partial charge in [0.1, 0.15) is 5.02 Å². The minimum Gasteiger partial charge on any atom is -0.205 e. The van der Waals surface area contributed by atoms with E-state index in [9.17, 15) is 30.7 Å². The fraction of sp³-hybridized carbons (Fsp3) is 0.333. The van der Waals surface area contributed by atoms with E-state index < -0.39 is 49.8 Å². The van der Waals surface area contributed by atoms with Crippen LogP contribution < -0.4 is 0 Å². The van der Waals surface area contributed by atoms with Gasteiger partial charge in [-0.1, -0.05) is 34.8 Å². The summed E-state index contributed by atoms with van der Waals surface area (Å²) in [5.41, 5.74) is -4.00. The molecule has 0 N–H and O–H groups in total. The first-order valence-corrected chi connectivity index (χ1v) is 5.52. The quantitative estimate of drug-likeness (QED) is 0.264. The minimum atomic E-state index is -5.25. The number of hydrogen-bond acceptors (Lipinski definition) is 0. The first-order chi connectivity index (χ1) is 8.39. The monoisotopic (exact) mass is 346 g/mol. The highest BCUT2D eigenvalue weighted by atomic mass is 35.5. The lowest BCUT2D eigenvalue weighted by Crippen LogP contribution is -2.42. The van der Waals surface area contributed by atoms with Gasteiger partial charge in [0.05, 0.1) is 5.56 Å². The summed E-state index contributed by atoms with van der Waals surface area (Å²) >= 11 is 14.9. The van der Waals surface area contributed by atoms with Gasteiger partial charge in [0.15, 0.2) is 17.5 Å². The van der Waals surface area contributed by atoms with E-state index in [4.69, 9.17) is 34.8 Å². The number of halogens is 10. The molecule has 1 aliphatic carbocycles. The maximum Gasteiger partial charge on any atom is 0.351 e. The van der Waals surface area contributed by atoms with Crippen LogP contribution in [0, 0.1) is 17.5 Å². The van der Waals surface area contributed by atoms with Gasteiger partial charge in [-0.25, -0.2) is 13.2 Å². The summed E-state index contributed by atoms with van der Waals surface area (Å²) < 4.78 is 89.9. The Morgan fingerprint density at radius 3 is 1.68 bits per heavy atom. The van der Waals surface area contributed by atoms with E-state index in [1.54, 1.807) is 0 Å². The van der Waals surface area contributed by atoms with Crippen molar-refractivity contribution in [2.75, 3.05) is 0 Å². The highest BCUT2D eigenvalue weighted by Crippen LogP contribution is 2.66. The fourth-order valence-electron chi connectivity index (χ4n) is 1.73. The number of alkyl halides is 6. The molecule has 0 aliphatic heterocycles. The summed E-state index contributed by atoms with van der Waals surface area (Å²) in [5.74, 6) is -17.1. The molecule has 0 heterocycles. The Morgan fingerprint density at radius 1 is 0.737 bits per heavy atom. The summed E-state index contributed by atoms with van der Waals surface area (Å²) in [6, 6.07) is 0. The van der Waals surface area contributed by atoms with Gasteiger partial charge >= 0.3 is 11.8 Å². The summed E-state index contributed by atoms with van der Waals surface area (Å²) in [6.45, 7) is 0. The van der Waals surface area contributed by atoms with E-state index in [1.165, 1.54) is 0 Å². The van der Waals surface area contributed by atoms with Gasteiger partial charge < -0.3 is 0 Å². The predicted octanol–water partition coefficient (Wildman–Crippen LogP) is 5.13. The summed E-state index contributed by atoms with van der Waals surface area (Å²) in [7, 11) is 0. The van der Waals surface area contributed by atoms with Gasteiger partial charge in [0.2, 0.25) is 4.33 Å². The van der Waals surface area contributed by atoms with E-state index in [-0.39, 0.29) is 0 Å². The molecule has 0 spiro atoms. The highest BCUT2D eigenvalue weighted by Gasteiger charge is 2.78. The van der Waals surface area contributed by atoms with Crippen molar-refractivity contribution in [3.8, 4) is 0 Å². The second kappa shape index (κ2) is 3.83. The third-order valence-corrected chi connectivity index (χ3v) is 3.87. The zero-order chi connectivity index (χ0) is 15.0. The molecular weight excluding hydrogens is 347 g/mol. The lowest BCUT2D eigenvalue weighted by molar-refractivity contribution is -0.212. The van der Waals surface area contributed by atoms with Crippen molar-refractivity contribution in [1.82, 2.24) is 0 Å². The molecule has 0 saturated carbocycles. The van der Waals surface area contributed by atoms with Crippen molar-refractivity contribution in [2.45, 2.75) is 16.2 Å². The first kappa shape index (κ1) is 15.0. The van der Waals surface area contributed by atoms with Crippen LogP contribution in [-0.2, 0) is 10.3 Å². The van der Waals surface area contributed by atoms with E-state index in [0.717, 1.165) is 0 Å². The van der Waals surface area contributed by atoms with Crippen LogP contribution in [0.3, 0.4) is 0 Å². The van der Waals surface area contributed by atoms with Gasteiger partial charge in [-0.05, 0) is 0 Å². The second-order valence-corrected chi connectivity index (χ2v) is 5.43. The Bertz CT molecular complexity index is 533. The highest BCUT2D eigenvalue weighted by molar-refractivity contribution is 6.49. The van der Waals surface area contributed by atoms with Crippen molar-refractivity contribution < 1.29 is 30.7 Å². The normalized spacial score (nSPS) is 22.4. The largest absolute Gasteiger partial charge is 0.351 e. The molecule has 2 rings (SSSR count). The maximum atomic E-state index is 13.5. The first-order valence-electron chi connectivity index (χ1n) is 4.39. The summed E-state index contributed by atoms with van der Waals surface area (Å²) in [4.78, 5) is 0. The Labute approximate surface area is 116 Å². The third-order valence-electron chi connectivity index (χ3n) is 2.68. The Balaban J connectivity index is 3.02. The van der Waals surface area contributed by atoms with Crippen LogP contribution in [0.15, 0.2) is 0 Å². The van der Waals surface area contributed by atoms with Crippen molar-refractivity contribution >= 4 is 34.8 Å². The fourth-order valence-corrected chi connectivity index (χ4v) is 2.50. The minimum absolute atomic E-state index is 1.68. The molecule has 19 heavy (non-hydrogen) atoms. The van der Waals surface area contributed by atoms with Gasteiger partial charge in [-0.2, -0.15) is 17.6 Å². The van der Waals surface area contributed by atoms with Crippen LogP contribution in [0.4, 0.5) is 30.7 Å². The molecule has 0 radical (unpaired) electrons. The van der Waals surface area contributed by atoms with Crippen molar-refractivity contribution in [3.63, 3.8) is 0 Å². The van der Waals surface area contributed by atoms with Crippen molar-refractivity contribution in [1.29, 1.82) is 0 Å². The maximum absolute atomic E-state index is 13.5. The lowest BCUT2D eigenvalue weighted by Gasteiger charge is -2.26. The Morgan fingerprint density at radius 2 is 1.21 bits per heavy atom. The molecule has 0 saturated heterocycles. The molecule has 10 heteroatoms. The molecule has 0 aromatic heterocycles. The van der Waals surface area contributed by atoms with Crippen LogP contribution in [0.2, 0.25) is 5.02 Å². The molecule has 0 nitrogen and oxygen atoms in total. The second-order valence-electron chi connectivity index (χ2n) is 3.73. The Hall–Kier alpha value is -0.400. The average Bonchev–Trinajstić information content (AvgIpc) is 2.39. The van der Waals surface area contributed by atoms with E-state index in [0.29, 0.717) is 0 Å². The smallest absolute Gasteiger partial charge is 0.205 e. The van der Waals surface area contributed by atoms with Gasteiger partial charge in [-0.15, -0.1) is 0 Å². The lowest BCUT2D eigenvalue weighted by atomic mass is 10.1. The number of fused-ring (bicyclic) bond motifs is 1. The molecule has 0 unspecified atom stereocenters. The number of benzene rings is 1. The number of hydrogen-bond donors (Lipinski definition) is 0. The third kappa shape index (κ3) is 1.49. The average molecular weight is 347 g/mol. The molecule has 0 bridgehead atoms. The predicted molar refractivity (Wildman–Crippen MR) is 53.6 cm³/mol. The van der Waals surface area contributed by atoms with Gasteiger partial charge in [0, 0.05) is 5.56 Å². The molecule has 1 aliphatic rings. The topological polar surface area (TPSA) is 0 Å². The SMILES string of the molecule is Fc1c(F)c2c(c(F)c1Cl)C(F)(F)C(F)(F)C2(Cl)Cl. The van der Waals surface area contributed by atoms with E-state index >= 15 is 0 Å². The van der Waals surface area contributed by atoms with Crippen LogP contribution in [-0.4, -0.2) is 5.92 Å². The molecule has 0 amide bonds. The Kier molecular flexibility index (Phi) is 3.02. The molecule has 1 aromatic carbocycles. The molecule has 1 aromatic rings. The zero-order valence-electron chi connectivity index (χ0n) is 8.28.